The van der Waals surface area contributed by atoms with Gasteiger partial charge in [-0.05, 0) is 83.0 Å². The lowest BCUT2D eigenvalue weighted by molar-refractivity contribution is -0.137. The first kappa shape index (κ1) is 25.5. The molecule has 0 spiro atoms. The van der Waals surface area contributed by atoms with Crippen LogP contribution in [0.15, 0.2) is 65.1 Å². The fourth-order valence-corrected chi connectivity index (χ4v) is 5.51. The van der Waals surface area contributed by atoms with Crippen LogP contribution in [0.1, 0.15) is 46.1 Å². The van der Waals surface area contributed by atoms with E-state index >= 15 is 0 Å². The number of halogens is 5. The minimum atomic E-state index is -4.56. The lowest BCUT2D eigenvalue weighted by Gasteiger charge is -2.26. The van der Waals surface area contributed by atoms with E-state index in [2.05, 4.69) is 22.9 Å². The largest absolute Gasteiger partial charge is 0.478 e. The fourth-order valence-electron chi connectivity index (χ4n) is 4.94. The number of aromatic nitrogens is 1. The van der Waals surface area contributed by atoms with Crippen molar-refractivity contribution < 1.29 is 23.1 Å². The van der Waals surface area contributed by atoms with E-state index in [1.807, 2.05) is 18.2 Å². The first-order valence-electron chi connectivity index (χ1n) is 11.5. The number of fused-ring (bicyclic) bond motifs is 2. The average molecular weight is 587 g/mol. The Morgan fingerprint density at radius 1 is 1.08 bits per heavy atom. The predicted molar refractivity (Wildman–Crippen MR) is 144 cm³/mol. The molecule has 1 aromatic heterocycles. The highest BCUT2D eigenvalue weighted by atomic mass is 79.9. The second kappa shape index (κ2) is 9.62. The number of rotatable bonds is 3. The smallest absolute Gasteiger partial charge is 0.417 e. The van der Waals surface area contributed by atoms with Crippen LogP contribution in [0, 0.1) is 5.92 Å². The summed E-state index contributed by atoms with van der Waals surface area (Å²) in [4.78, 5) is 17.2. The second-order valence-corrected chi connectivity index (χ2v) is 10.6. The molecule has 0 bridgehead atoms. The number of nitrogens with zero attached hydrogens (tertiary/aromatic N) is 1. The molecule has 0 aliphatic heterocycles. The maximum atomic E-state index is 13.4. The fraction of sp³-hybridized carbons (Fsp3) is 0.172. The van der Waals surface area contributed by atoms with Gasteiger partial charge < -0.3 is 5.11 Å². The highest BCUT2D eigenvalue weighted by molar-refractivity contribution is 9.10. The predicted octanol–water partition coefficient (Wildman–Crippen LogP) is 9.16. The van der Waals surface area contributed by atoms with Crippen molar-refractivity contribution >= 4 is 56.1 Å². The summed E-state index contributed by atoms with van der Waals surface area (Å²) < 4.78 is 41.0. The van der Waals surface area contributed by atoms with E-state index in [0.717, 1.165) is 21.7 Å². The Labute approximate surface area is 224 Å². The molecule has 1 aliphatic carbocycles. The molecule has 3 nitrogen and oxygen atoms in total. The minimum absolute atomic E-state index is 0.195. The van der Waals surface area contributed by atoms with Crippen molar-refractivity contribution in [2.75, 3.05) is 0 Å². The summed E-state index contributed by atoms with van der Waals surface area (Å²) in [6.07, 6.45) is -1.32. The Kier molecular flexibility index (Phi) is 6.62. The maximum Gasteiger partial charge on any atom is 0.417 e. The number of benzene rings is 3. The summed E-state index contributed by atoms with van der Waals surface area (Å²) >= 11 is 9.23. The van der Waals surface area contributed by atoms with Gasteiger partial charge in [-0.2, -0.15) is 13.2 Å². The Bertz CT molecular complexity index is 1600. The van der Waals surface area contributed by atoms with Gasteiger partial charge in [0.25, 0.3) is 0 Å². The van der Waals surface area contributed by atoms with Crippen LogP contribution in [-0.2, 0) is 12.6 Å². The Morgan fingerprint density at radius 2 is 1.84 bits per heavy atom. The van der Waals surface area contributed by atoms with Gasteiger partial charge in [-0.3, -0.25) is 0 Å². The molecule has 0 fully saturated rings. The molecule has 3 aromatic carbocycles. The Morgan fingerprint density at radius 3 is 2.57 bits per heavy atom. The Balaban J connectivity index is 1.64. The molecule has 1 aliphatic rings. The molecule has 0 saturated heterocycles. The van der Waals surface area contributed by atoms with Crippen LogP contribution in [0.2, 0.25) is 5.02 Å². The van der Waals surface area contributed by atoms with E-state index in [9.17, 15) is 23.1 Å². The van der Waals surface area contributed by atoms with E-state index in [1.165, 1.54) is 6.07 Å². The van der Waals surface area contributed by atoms with E-state index in [1.54, 1.807) is 36.4 Å². The van der Waals surface area contributed by atoms with E-state index in [-0.39, 0.29) is 16.5 Å². The van der Waals surface area contributed by atoms with Crippen LogP contribution in [0.25, 0.3) is 33.7 Å². The zero-order valence-electron chi connectivity index (χ0n) is 19.5. The van der Waals surface area contributed by atoms with E-state index in [4.69, 9.17) is 16.6 Å². The number of aromatic carboxylic acids is 1. The van der Waals surface area contributed by atoms with Crippen LogP contribution in [0.3, 0.4) is 0 Å². The van der Waals surface area contributed by atoms with Crippen LogP contribution >= 0.6 is 27.5 Å². The molecule has 4 aromatic rings. The molecule has 1 unspecified atom stereocenters. The monoisotopic (exact) mass is 585 g/mol. The van der Waals surface area contributed by atoms with Gasteiger partial charge >= 0.3 is 12.1 Å². The lowest BCUT2D eigenvalue weighted by atomic mass is 9.80. The molecule has 1 N–H and O–H groups in total. The number of alkyl halides is 3. The standard InChI is InChI=1S/C29H20BrClF3NO2/c1-15-9-19(27-22(10-15)26(28(36)37)21-7-6-20(30)14-25(21)35-27)12-16-3-2-4-17(11-16)18-5-8-24(31)23(13-18)29(32,33)34/h2-8,11-15H,9-10H2,1H3,(H,36,37)/b19-12+. The van der Waals surface area contributed by atoms with Crippen molar-refractivity contribution in [2.24, 2.45) is 5.92 Å². The van der Waals surface area contributed by atoms with Gasteiger partial charge in [-0.15, -0.1) is 0 Å². The number of allylic oxidation sites excluding steroid dienone is 1. The molecule has 5 rings (SSSR count). The van der Waals surface area contributed by atoms with Gasteiger partial charge in [-0.25, -0.2) is 9.78 Å². The van der Waals surface area contributed by atoms with Gasteiger partial charge in [0.2, 0.25) is 0 Å². The van der Waals surface area contributed by atoms with Gasteiger partial charge in [0, 0.05) is 9.86 Å². The summed E-state index contributed by atoms with van der Waals surface area (Å²) in [7, 11) is 0. The number of hydrogen-bond donors (Lipinski definition) is 1. The first-order valence-corrected chi connectivity index (χ1v) is 12.7. The molecular weight excluding hydrogens is 567 g/mol. The summed E-state index contributed by atoms with van der Waals surface area (Å²) in [6.45, 7) is 2.07. The molecule has 0 amide bonds. The summed E-state index contributed by atoms with van der Waals surface area (Å²) in [5.41, 5.74) is 4.01. The highest BCUT2D eigenvalue weighted by Gasteiger charge is 2.33. The third-order valence-electron chi connectivity index (χ3n) is 6.52. The molecule has 188 valence electrons. The molecule has 37 heavy (non-hydrogen) atoms. The summed E-state index contributed by atoms with van der Waals surface area (Å²) in [5, 5.41) is 10.3. The normalized spacial score (nSPS) is 16.7. The van der Waals surface area contributed by atoms with Gasteiger partial charge in [-0.1, -0.05) is 64.8 Å². The zero-order valence-corrected chi connectivity index (χ0v) is 21.9. The number of pyridine rings is 1. The highest BCUT2D eigenvalue weighted by Crippen LogP contribution is 2.40. The van der Waals surface area contributed by atoms with Crippen molar-refractivity contribution in [3.05, 3.63) is 98.1 Å². The number of hydrogen-bond acceptors (Lipinski definition) is 2. The first-order chi connectivity index (χ1) is 17.5. The van der Waals surface area contributed by atoms with Crippen LogP contribution in [0.5, 0.6) is 0 Å². The van der Waals surface area contributed by atoms with E-state index in [0.29, 0.717) is 46.1 Å². The van der Waals surface area contributed by atoms with Crippen molar-refractivity contribution in [1.82, 2.24) is 4.98 Å². The quantitative estimate of drug-likeness (QED) is 0.260. The maximum absolute atomic E-state index is 13.4. The van der Waals surface area contributed by atoms with Crippen LogP contribution < -0.4 is 0 Å². The molecular formula is C29H20BrClF3NO2. The number of carbonyl (C=O) groups is 1. The van der Waals surface area contributed by atoms with Gasteiger partial charge in [0.05, 0.1) is 27.4 Å². The van der Waals surface area contributed by atoms with E-state index < -0.39 is 17.7 Å². The number of carboxylic acids is 1. The third-order valence-corrected chi connectivity index (χ3v) is 7.34. The lowest BCUT2D eigenvalue weighted by Crippen LogP contribution is -2.17. The zero-order chi connectivity index (χ0) is 26.5. The molecule has 0 saturated carbocycles. The summed E-state index contributed by atoms with van der Waals surface area (Å²) in [5.74, 6) is -0.801. The molecule has 8 heteroatoms. The van der Waals surface area contributed by atoms with Crippen LogP contribution in [-0.4, -0.2) is 16.1 Å². The van der Waals surface area contributed by atoms with Crippen molar-refractivity contribution in [3.8, 4) is 11.1 Å². The topological polar surface area (TPSA) is 50.2 Å². The number of carboxylic acid groups (broad SMARTS) is 1. The average Bonchev–Trinajstić information content (AvgIpc) is 2.82. The second-order valence-electron chi connectivity index (χ2n) is 9.28. The molecule has 1 heterocycles. The summed E-state index contributed by atoms with van der Waals surface area (Å²) in [6, 6.07) is 16.4. The minimum Gasteiger partial charge on any atom is -0.478 e. The van der Waals surface area contributed by atoms with Crippen molar-refractivity contribution in [2.45, 2.75) is 25.9 Å². The van der Waals surface area contributed by atoms with Crippen LogP contribution in [0.4, 0.5) is 13.2 Å². The van der Waals surface area contributed by atoms with Gasteiger partial charge in [0.15, 0.2) is 0 Å². The SMILES string of the molecule is CC1C/C(=C\c2cccc(-c3ccc(Cl)c(C(F)(F)F)c3)c2)c2nc3cc(Br)ccc3c(C(=O)O)c2C1. The van der Waals surface area contributed by atoms with Gasteiger partial charge in [0.1, 0.15) is 0 Å². The Hall–Kier alpha value is -3.16. The molecule has 0 radical (unpaired) electrons. The van der Waals surface area contributed by atoms with Crippen molar-refractivity contribution in [3.63, 3.8) is 0 Å². The molecule has 1 atom stereocenters. The third kappa shape index (κ3) is 5.03. The van der Waals surface area contributed by atoms with Crippen molar-refractivity contribution in [1.29, 1.82) is 0 Å².